The van der Waals surface area contributed by atoms with Crippen molar-refractivity contribution in [1.82, 2.24) is 4.98 Å². The van der Waals surface area contributed by atoms with Gasteiger partial charge in [-0.15, -0.1) is 0 Å². The van der Waals surface area contributed by atoms with Gasteiger partial charge in [-0.25, -0.2) is 9.37 Å². The first-order valence-corrected chi connectivity index (χ1v) is 8.65. The SMILES string of the molecule is C[C@H]1CC[C@@](C)(c2cc(NC(=O)c3ccc(C#N)cn3)ccc2F)N=C1N. The normalized spacial score (nSPS) is 21.9. The summed E-state index contributed by atoms with van der Waals surface area (Å²) in [5, 5.41) is 11.5. The zero-order valence-electron chi connectivity index (χ0n) is 15.2. The summed E-state index contributed by atoms with van der Waals surface area (Å²) in [7, 11) is 0. The number of halogens is 1. The molecular weight excluding hydrogens is 345 g/mol. The Morgan fingerprint density at radius 1 is 1.41 bits per heavy atom. The summed E-state index contributed by atoms with van der Waals surface area (Å²) in [5.41, 5.74) is 6.58. The molecule has 1 aliphatic heterocycles. The van der Waals surface area contributed by atoms with E-state index in [4.69, 9.17) is 11.0 Å². The van der Waals surface area contributed by atoms with Gasteiger partial charge in [-0.3, -0.25) is 9.79 Å². The molecule has 0 bridgehead atoms. The minimum absolute atomic E-state index is 0.167. The number of aromatic nitrogens is 1. The smallest absolute Gasteiger partial charge is 0.274 e. The van der Waals surface area contributed by atoms with Crippen LogP contribution in [0.3, 0.4) is 0 Å². The number of nitrogens with zero attached hydrogens (tertiary/aromatic N) is 3. The molecule has 1 aromatic heterocycles. The molecule has 1 aromatic carbocycles. The van der Waals surface area contributed by atoms with Crippen molar-refractivity contribution in [2.45, 2.75) is 32.2 Å². The van der Waals surface area contributed by atoms with E-state index < -0.39 is 17.3 Å². The lowest BCUT2D eigenvalue weighted by Crippen LogP contribution is -2.35. The van der Waals surface area contributed by atoms with Gasteiger partial charge in [-0.1, -0.05) is 6.92 Å². The van der Waals surface area contributed by atoms with Crippen LogP contribution < -0.4 is 11.1 Å². The fourth-order valence-electron chi connectivity index (χ4n) is 3.10. The van der Waals surface area contributed by atoms with Crippen molar-refractivity contribution in [3.8, 4) is 6.07 Å². The van der Waals surface area contributed by atoms with Crippen molar-refractivity contribution in [1.29, 1.82) is 5.26 Å². The number of carbonyl (C=O) groups excluding carboxylic acids is 1. The molecule has 0 radical (unpaired) electrons. The molecule has 1 amide bonds. The van der Waals surface area contributed by atoms with Crippen molar-refractivity contribution >= 4 is 17.4 Å². The van der Waals surface area contributed by atoms with Crippen molar-refractivity contribution in [2.75, 3.05) is 5.32 Å². The fraction of sp³-hybridized carbons (Fsp3) is 0.300. The number of carbonyl (C=O) groups is 1. The molecule has 3 N–H and O–H groups in total. The maximum Gasteiger partial charge on any atom is 0.274 e. The van der Waals surface area contributed by atoms with Crippen LogP contribution in [0.1, 0.15) is 48.3 Å². The molecule has 2 heterocycles. The number of benzene rings is 1. The predicted molar refractivity (Wildman–Crippen MR) is 101 cm³/mol. The highest BCUT2D eigenvalue weighted by molar-refractivity contribution is 6.02. The average Bonchev–Trinajstić information content (AvgIpc) is 2.66. The number of nitrogens with one attached hydrogen (secondary N) is 1. The van der Waals surface area contributed by atoms with E-state index >= 15 is 0 Å². The minimum atomic E-state index is -0.770. The Labute approximate surface area is 156 Å². The molecule has 0 unspecified atom stereocenters. The second-order valence-corrected chi connectivity index (χ2v) is 6.94. The molecule has 138 valence electrons. The first-order valence-electron chi connectivity index (χ1n) is 8.65. The summed E-state index contributed by atoms with van der Waals surface area (Å²) >= 11 is 0. The zero-order valence-corrected chi connectivity index (χ0v) is 15.2. The zero-order chi connectivity index (χ0) is 19.6. The van der Waals surface area contributed by atoms with Gasteiger partial charge in [0.1, 0.15) is 17.6 Å². The Morgan fingerprint density at radius 2 is 2.19 bits per heavy atom. The number of amides is 1. The van der Waals surface area contributed by atoms with Crippen molar-refractivity contribution in [3.63, 3.8) is 0 Å². The number of aliphatic imine (C=N–C) groups is 1. The molecule has 0 spiro atoms. The van der Waals surface area contributed by atoms with Crippen molar-refractivity contribution < 1.29 is 9.18 Å². The van der Waals surface area contributed by atoms with E-state index in [1.54, 1.807) is 6.07 Å². The molecule has 0 saturated heterocycles. The molecule has 2 aromatic rings. The largest absolute Gasteiger partial charge is 0.387 e. The molecule has 3 rings (SSSR count). The molecule has 1 aliphatic rings. The van der Waals surface area contributed by atoms with Crippen molar-refractivity contribution in [2.24, 2.45) is 16.6 Å². The summed E-state index contributed by atoms with van der Waals surface area (Å²) in [6, 6.07) is 9.31. The first kappa shape index (κ1) is 18.5. The van der Waals surface area contributed by atoms with Crippen LogP contribution >= 0.6 is 0 Å². The summed E-state index contributed by atoms with van der Waals surface area (Å²) in [6.07, 6.45) is 2.81. The van der Waals surface area contributed by atoms with Gasteiger partial charge in [-0.05, 0) is 50.1 Å². The van der Waals surface area contributed by atoms with E-state index in [-0.39, 0.29) is 11.6 Å². The van der Waals surface area contributed by atoms with Crippen LogP contribution in [-0.2, 0) is 5.54 Å². The van der Waals surface area contributed by atoms with Crippen LogP contribution in [0.4, 0.5) is 10.1 Å². The standard InChI is InChI=1S/C20H20FN5O/c1-12-7-8-20(2,26-18(12)23)15-9-14(4-5-16(15)21)25-19(27)17-6-3-13(10-22)11-24-17/h3-6,9,11-12H,7-8H2,1-2H3,(H2,23,26)(H,25,27)/t12-,20-/m0/s1. The second kappa shape index (κ2) is 7.16. The number of pyridine rings is 1. The third-order valence-electron chi connectivity index (χ3n) is 4.87. The highest BCUT2D eigenvalue weighted by atomic mass is 19.1. The number of nitriles is 1. The molecule has 6 nitrogen and oxygen atoms in total. The molecule has 0 fully saturated rings. The summed E-state index contributed by atoms with van der Waals surface area (Å²) in [6.45, 7) is 3.84. The van der Waals surface area contributed by atoms with Gasteiger partial charge in [0.25, 0.3) is 5.91 Å². The van der Waals surface area contributed by atoms with E-state index in [0.717, 1.165) is 6.42 Å². The molecule has 27 heavy (non-hydrogen) atoms. The topological polar surface area (TPSA) is 104 Å². The van der Waals surface area contributed by atoms with E-state index in [9.17, 15) is 9.18 Å². The molecule has 0 aliphatic carbocycles. The lowest BCUT2D eigenvalue weighted by atomic mass is 9.82. The van der Waals surface area contributed by atoms with Crippen LogP contribution in [-0.4, -0.2) is 16.7 Å². The van der Waals surface area contributed by atoms with Crippen LogP contribution in [0, 0.1) is 23.1 Å². The van der Waals surface area contributed by atoms with Gasteiger partial charge in [0.2, 0.25) is 0 Å². The molecule has 7 heteroatoms. The lowest BCUT2D eigenvalue weighted by molar-refractivity contribution is 0.102. The van der Waals surface area contributed by atoms with Gasteiger partial charge in [0.15, 0.2) is 0 Å². The Balaban J connectivity index is 1.87. The fourth-order valence-corrected chi connectivity index (χ4v) is 3.10. The lowest BCUT2D eigenvalue weighted by Gasteiger charge is -2.33. The molecule has 0 saturated carbocycles. The highest BCUT2D eigenvalue weighted by Crippen LogP contribution is 2.38. The maximum atomic E-state index is 14.5. The predicted octanol–water partition coefficient (Wildman–Crippen LogP) is 3.35. The number of rotatable bonds is 3. The van der Waals surface area contributed by atoms with E-state index in [2.05, 4.69) is 15.3 Å². The van der Waals surface area contributed by atoms with Crippen LogP contribution in [0.25, 0.3) is 0 Å². The van der Waals surface area contributed by atoms with Gasteiger partial charge in [0.05, 0.1) is 16.9 Å². The number of hydrogen-bond acceptors (Lipinski definition) is 5. The average molecular weight is 365 g/mol. The van der Waals surface area contributed by atoms with Crippen LogP contribution in [0.15, 0.2) is 41.5 Å². The monoisotopic (exact) mass is 365 g/mol. The Bertz CT molecular complexity index is 948. The van der Waals surface area contributed by atoms with Gasteiger partial charge >= 0.3 is 0 Å². The van der Waals surface area contributed by atoms with E-state index in [0.29, 0.717) is 29.1 Å². The number of anilines is 1. The summed E-state index contributed by atoms with van der Waals surface area (Å²) < 4.78 is 14.5. The summed E-state index contributed by atoms with van der Waals surface area (Å²) in [4.78, 5) is 20.8. The molecule has 2 atom stereocenters. The molecular formula is C20H20FN5O. The van der Waals surface area contributed by atoms with Gasteiger partial charge in [-0.2, -0.15) is 5.26 Å². The number of nitrogens with two attached hydrogens (primary N) is 1. The third-order valence-corrected chi connectivity index (χ3v) is 4.87. The number of amidine groups is 1. The summed E-state index contributed by atoms with van der Waals surface area (Å²) in [5.74, 6) is -0.147. The number of hydrogen-bond donors (Lipinski definition) is 2. The van der Waals surface area contributed by atoms with E-state index in [1.807, 2.05) is 19.9 Å². The van der Waals surface area contributed by atoms with Crippen LogP contribution in [0.2, 0.25) is 0 Å². The Hall–Kier alpha value is -3.27. The highest BCUT2D eigenvalue weighted by Gasteiger charge is 2.34. The quantitative estimate of drug-likeness (QED) is 0.870. The maximum absolute atomic E-state index is 14.5. The third kappa shape index (κ3) is 3.80. The van der Waals surface area contributed by atoms with Gasteiger partial charge < -0.3 is 11.1 Å². The second-order valence-electron chi connectivity index (χ2n) is 6.94. The van der Waals surface area contributed by atoms with Crippen molar-refractivity contribution in [3.05, 3.63) is 59.2 Å². The van der Waals surface area contributed by atoms with Crippen LogP contribution in [0.5, 0.6) is 0 Å². The minimum Gasteiger partial charge on any atom is -0.387 e. The van der Waals surface area contributed by atoms with E-state index in [1.165, 1.54) is 30.5 Å². The van der Waals surface area contributed by atoms with Gasteiger partial charge in [0, 0.05) is 23.4 Å². The Morgan fingerprint density at radius 3 is 2.81 bits per heavy atom. The Kier molecular flexibility index (Phi) is 4.91. The first-order chi connectivity index (χ1) is 12.8.